The standard InChI is InChI=1S/C19H16/c1-3-15-6-9-19-13-18(11-10-17(19)12-15)16-7-4-14(2)5-8-16/h3-13H,1H2,2H3. The lowest BCUT2D eigenvalue weighted by Gasteiger charge is -2.05. The molecule has 0 heterocycles. The van der Waals surface area contributed by atoms with Crippen molar-refractivity contribution >= 4 is 16.8 Å². The number of rotatable bonds is 2. The number of hydrogen-bond donors (Lipinski definition) is 0. The van der Waals surface area contributed by atoms with E-state index in [1.807, 2.05) is 6.08 Å². The molecular formula is C19H16. The van der Waals surface area contributed by atoms with Crippen molar-refractivity contribution in [3.63, 3.8) is 0 Å². The molecule has 0 aliphatic heterocycles. The van der Waals surface area contributed by atoms with Gasteiger partial charge in [0.15, 0.2) is 0 Å². The summed E-state index contributed by atoms with van der Waals surface area (Å²) in [5.74, 6) is 0. The van der Waals surface area contributed by atoms with Crippen LogP contribution < -0.4 is 0 Å². The monoisotopic (exact) mass is 244 g/mol. The van der Waals surface area contributed by atoms with E-state index in [9.17, 15) is 0 Å². The Hall–Kier alpha value is -2.34. The molecule has 0 aliphatic carbocycles. The summed E-state index contributed by atoms with van der Waals surface area (Å²) < 4.78 is 0. The average Bonchev–Trinajstić information content (AvgIpc) is 2.47. The first-order chi connectivity index (χ1) is 9.26. The number of fused-ring (bicyclic) bond motifs is 1. The Labute approximate surface area is 114 Å². The fourth-order valence-corrected chi connectivity index (χ4v) is 2.32. The molecule has 0 N–H and O–H groups in total. The first-order valence-corrected chi connectivity index (χ1v) is 6.49. The molecule has 0 saturated carbocycles. The number of hydrogen-bond acceptors (Lipinski definition) is 0. The fourth-order valence-electron chi connectivity index (χ4n) is 2.32. The maximum absolute atomic E-state index is 3.81. The van der Waals surface area contributed by atoms with Gasteiger partial charge in [-0.05, 0) is 46.5 Å². The van der Waals surface area contributed by atoms with Crippen molar-refractivity contribution in [3.05, 3.63) is 78.4 Å². The molecule has 19 heavy (non-hydrogen) atoms. The Balaban J connectivity index is 2.11. The molecular weight excluding hydrogens is 228 g/mol. The van der Waals surface area contributed by atoms with Gasteiger partial charge in [-0.15, -0.1) is 0 Å². The Morgan fingerprint density at radius 3 is 2.11 bits per heavy atom. The van der Waals surface area contributed by atoms with Crippen molar-refractivity contribution in [2.45, 2.75) is 6.92 Å². The van der Waals surface area contributed by atoms with Crippen LogP contribution in [0.15, 0.2) is 67.2 Å². The zero-order valence-corrected chi connectivity index (χ0v) is 11.1. The Morgan fingerprint density at radius 1 is 0.737 bits per heavy atom. The van der Waals surface area contributed by atoms with Gasteiger partial charge in [0.2, 0.25) is 0 Å². The van der Waals surface area contributed by atoms with E-state index in [4.69, 9.17) is 0 Å². The molecule has 0 spiro atoms. The van der Waals surface area contributed by atoms with E-state index in [1.54, 1.807) is 0 Å². The fraction of sp³-hybridized carbons (Fsp3) is 0.0526. The van der Waals surface area contributed by atoms with Crippen LogP contribution in [-0.2, 0) is 0 Å². The minimum atomic E-state index is 1.16. The highest BCUT2D eigenvalue weighted by atomic mass is 14.0. The Morgan fingerprint density at radius 2 is 1.37 bits per heavy atom. The number of benzene rings is 3. The molecule has 0 radical (unpaired) electrons. The Kier molecular flexibility index (Phi) is 2.92. The van der Waals surface area contributed by atoms with Crippen molar-refractivity contribution < 1.29 is 0 Å². The molecule has 0 fully saturated rings. The summed E-state index contributed by atoms with van der Waals surface area (Å²) in [5.41, 5.74) is 4.98. The first kappa shape index (κ1) is 11.7. The average molecular weight is 244 g/mol. The molecule has 92 valence electrons. The van der Waals surface area contributed by atoms with Gasteiger partial charge in [-0.2, -0.15) is 0 Å². The molecule has 0 bridgehead atoms. The minimum Gasteiger partial charge on any atom is -0.0985 e. The lowest BCUT2D eigenvalue weighted by molar-refractivity contribution is 1.47. The zero-order valence-electron chi connectivity index (χ0n) is 11.1. The van der Waals surface area contributed by atoms with Gasteiger partial charge in [-0.3, -0.25) is 0 Å². The predicted octanol–water partition coefficient (Wildman–Crippen LogP) is 5.46. The molecule has 3 rings (SSSR count). The van der Waals surface area contributed by atoms with Gasteiger partial charge >= 0.3 is 0 Å². The maximum Gasteiger partial charge on any atom is -0.0177 e. The largest absolute Gasteiger partial charge is 0.0985 e. The van der Waals surface area contributed by atoms with E-state index in [0.29, 0.717) is 0 Å². The minimum absolute atomic E-state index is 1.16. The molecule has 0 unspecified atom stereocenters. The summed E-state index contributed by atoms with van der Waals surface area (Å²) in [6, 6.07) is 21.7. The van der Waals surface area contributed by atoms with Crippen LogP contribution in [0.1, 0.15) is 11.1 Å². The van der Waals surface area contributed by atoms with Crippen molar-refractivity contribution in [2.75, 3.05) is 0 Å². The first-order valence-electron chi connectivity index (χ1n) is 6.49. The molecule has 0 nitrogen and oxygen atoms in total. The van der Waals surface area contributed by atoms with Crippen molar-refractivity contribution in [3.8, 4) is 11.1 Å². The van der Waals surface area contributed by atoms with Crippen molar-refractivity contribution in [2.24, 2.45) is 0 Å². The van der Waals surface area contributed by atoms with E-state index in [1.165, 1.54) is 27.5 Å². The quantitative estimate of drug-likeness (QED) is 0.561. The molecule has 0 heteroatoms. The number of aryl methyl sites for hydroxylation is 1. The van der Waals surface area contributed by atoms with Gasteiger partial charge in [0.05, 0.1) is 0 Å². The summed E-state index contributed by atoms with van der Waals surface area (Å²) in [6.45, 7) is 5.92. The van der Waals surface area contributed by atoms with Crippen molar-refractivity contribution in [1.29, 1.82) is 0 Å². The molecule has 0 amide bonds. The van der Waals surface area contributed by atoms with Gasteiger partial charge in [0.1, 0.15) is 0 Å². The molecule has 3 aromatic carbocycles. The second-order valence-electron chi connectivity index (χ2n) is 4.89. The zero-order chi connectivity index (χ0) is 13.2. The molecule has 0 saturated heterocycles. The van der Waals surface area contributed by atoms with Crippen molar-refractivity contribution in [1.82, 2.24) is 0 Å². The van der Waals surface area contributed by atoms with Crippen LogP contribution in [0.25, 0.3) is 28.0 Å². The van der Waals surface area contributed by atoms with Crippen LogP contribution in [0.5, 0.6) is 0 Å². The van der Waals surface area contributed by atoms with Crippen LogP contribution in [0, 0.1) is 6.92 Å². The highest BCUT2D eigenvalue weighted by Crippen LogP contribution is 2.25. The summed E-state index contributed by atoms with van der Waals surface area (Å²) in [5, 5.41) is 2.52. The van der Waals surface area contributed by atoms with Crippen LogP contribution in [0.4, 0.5) is 0 Å². The summed E-state index contributed by atoms with van der Waals surface area (Å²) in [6.07, 6.45) is 1.88. The van der Waals surface area contributed by atoms with E-state index >= 15 is 0 Å². The second kappa shape index (κ2) is 4.74. The molecule has 0 aromatic heterocycles. The summed E-state index contributed by atoms with van der Waals surface area (Å²) in [4.78, 5) is 0. The van der Waals surface area contributed by atoms with E-state index in [0.717, 1.165) is 5.56 Å². The van der Waals surface area contributed by atoms with E-state index in [-0.39, 0.29) is 0 Å². The van der Waals surface area contributed by atoms with Crippen LogP contribution in [0.2, 0.25) is 0 Å². The van der Waals surface area contributed by atoms with E-state index in [2.05, 4.69) is 74.2 Å². The third kappa shape index (κ3) is 2.30. The van der Waals surface area contributed by atoms with Crippen LogP contribution in [-0.4, -0.2) is 0 Å². The summed E-state index contributed by atoms with van der Waals surface area (Å²) in [7, 11) is 0. The van der Waals surface area contributed by atoms with Crippen LogP contribution in [0.3, 0.4) is 0 Å². The normalized spacial score (nSPS) is 10.6. The maximum atomic E-state index is 3.81. The van der Waals surface area contributed by atoms with E-state index < -0.39 is 0 Å². The van der Waals surface area contributed by atoms with Crippen LogP contribution >= 0.6 is 0 Å². The van der Waals surface area contributed by atoms with Gasteiger partial charge in [0, 0.05) is 0 Å². The highest BCUT2D eigenvalue weighted by molar-refractivity contribution is 5.88. The predicted molar refractivity (Wildman–Crippen MR) is 84.2 cm³/mol. The second-order valence-corrected chi connectivity index (χ2v) is 4.89. The smallest absolute Gasteiger partial charge is 0.0177 e. The van der Waals surface area contributed by atoms with Gasteiger partial charge in [-0.1, -0.05) is 66.7 Å². The van der Waals surface area contributed by atoms with Gasteiger partial charge in [-0.25, -0.2) is 0 Å². The molecule has 3 aromatic rings. The lowest BCUT2D eigenvalue weighted by Crippen LogP contribution is -1.81. The topological polar surface area (TPSA) is 0 Å². The Bertz CT molecular complexity index is 734. The van der Waals surface area contributed by atoms with Gasteiger partial charge in [0.25, 0.3) is 0 Å². The SMILES string of the molecule is C=Cc1ccc2cc(-c3ccc(C)cc3)ccc2c1. The lowest BCUT2D eigenvalue weighted by atomic mass is 9.99. The molecule has 0 atom stereocenters. The third-order valence-corrected chi connectivity index (χ3v) is 3.48. The van der Waals surface area contributed by atoms with Gasteiger partial charge < -0.3 is 0 Å². The highest BCUT2D eigenvalue weighted by Gasteiger charge is 2.00. The third-order valence-electron chi connectivity index (χ3n) is 3.48. The summed E-state index contributed by atoms with van der Waals surface area (Å²) >= 11 is 0. The molecule has 0 aliphatic rings.